The molecule has 5 amide bonds. The highest BCUT2D eigenvalue weighted by Crippen LogP contribution is 2.35. The second-order valence-corrected chi connectivity index (χ2v) is 15.0. The van der Waals surface area contributed by atoms with Crippen molar-refractivity contribution < 1.29 is 56.4 Å². The first-order chi connectivity index (χ1) is 34.6. The number of amides is 5. The number of para-hydroxylation sites is 2. The van der Waals surface area contributed by atoms with Crippen LogP contribution in [-0.4, -0.2) is 59.4 Å². The monoisotopic (exact) mass is 984 g/mol. The number of anilines is 4. The van der Waals surface area contributed by atoms with Gasteiger partial charge in [0.1, 0.15) is 34.5 Å². The minimum Gasteiger partial charge on any atom is -0.496 e. The maximum atomic E-state index is 12.2. The molecule has 6 aromatic carbocycles. The Morgan fingerprint density at radius 1 is 0.556 bits per heavy atom. The molecule has 2 heterocycles. The lowest BCUT2D eigenvalue weighted by atomic mass is 10.1. The summed E-state index contributed by atoms with van der Waals surface area (Å²) in [5, 5.41) is 22.7. The van der Waals surface area contributed by atoms with E-state index in [9.17, 15) is 27.6 Å². The lowest BCUT2D eigenvalue weighted by molar-refractivity contribution is -0.192. The Bertz CT molecular complexity index is 3130. The van der Waals surface area contributed by atoms with Gasteiger partial charge in [-0.15, -0.1) is 0 Å². The third-order valence-electron chi connectivity index (χ3n) is 9.94. The number of aliphatic carboxylic acids is 1. The fraction of sp³-hybridized carbons (Fsp3) is 0.115. The number of fused-ring (bicyclic) bond motifs is 2. The van der Waals surface area contributed by atoms with Crippen molar-refractivity contribution in [1.29, 1.82) is 0 Å². The number of hydrogen-bond donors (Lipinski definition) is 7. The maximum absolute atomic E-state index is 12.2. The Kier molecular flexibility index (Phi) is 17.8. The number of methoxy groups -OCH3 is 2. The summed E-state index contributed by atoms with van der Waals surface area (Å²) >= 11 is 0. The van der Waals surface area contributed by atoms with E-state index in [0.29, 0.717) is 70.2 Å². The molecule has 20 heteroatoms. The Labute approximate surface area is 410 Å². The number of aromatic nitrogens is 2. The smallest absolute Gasteiger partial charge is 0.490 e. The number of pyridine rings is 2. The summed E-state index contributed by atoms with van der Waals surface area (Å²) in [6.07, 6.45) is -1.74. The Morgan fingerprint density at radius 3 is 1.29 bits per heavy atom. The quantitative estimate of drug-likeness (QED) is 0.0571. The predicted molar refractivity (Wildman–Crippen MR) is 267 cm³/mol. The largest absolute Gasteiger partial charge is 0.496 e. The average Bonchev–Trinajstić information content (AvgIpc) is 3.37. The standard InChI is InChI=1S/C26H24N4O4.C24H22N4O3.C2HF3O2/c1-17(31)28-16-18-14-22-23(15-25(18)33-2)27-13-12-24(22)34-21-10-8-20(9-11-21)30-26(32)29-19-6-4-3-5-7-19;1-30-23-14-21-20(13-16(23)15-25)22(11-12-26-21)31-19-9-7-18(8-10-19)28-24(29)27-17-5-3-2-4-6-17;3-2(4,5)1(6)7/h3-15H,16H2,1-2H3,(H,28,31)(H2,29,30,32);2-14H,15,25H2,1H3,(H2,27,28,29);(H,6,7). The highest BCUT2D eigenvalue weighted by Gasteiger charge is 2.38. The summed E-state index contributed by atoms with van der Waals surface area (Å²) in [6, 6.07) is 43.1. The van der Waals surface area contributed by atoms with Gasteiger partial charge in [-0.2, -0.15) is 13.2 Å². The van der Waals surface area contributed by atoms with Gasteiger partial charge in [-0.25, -0.2) is 14.4 Å². The molecule has 17 nitrogen and oxygen atoms in total. The number of carboxylic acid groups (broad SMARTS) is 1. The highest BCUT2D eigenvalue weighted by molar-refractivity contribution is 6.00. The van der Waals surface area contributed by atoms with Crippen LogP contribution in [0.4, 0.5) is 45.5 Å². The van der Waals surface area contributed by atoms with Crippen molar-refractivity contribution >= 4 is 68.5 Å². The van der Waals surface area contributed by atoms with Gasteiger partial charge in [0.2, 0.25) is 5.91 Å². The molecule has 72 heavy (non-hydrogen) atoms. The molecule has 8 rings (SSSR count). The molecule has 0 bridgehead atoms. The van der Waals surface area contributed by atoms with Crippen molar-refractivity contribution in [3.8, 4) is 34.5 Å². The van der Waals surface area contributed by atoms with Gasteiger partial charge in [-0.05, 0) is 97.1 Å². The van der Waals surface area contributed by atoms with Crippen LogP contribution in [0.25, 0.3) is 21.8 Å². The van der Waals surface area contributed by atoms with E-state index in [4.69, 9.17) is 34.6 Å². The molecule has 0 radical (unpaired) electrons. The maximum Gasteiger partial charge on any atom is 0.490 e. The number of carboxylic acids is 1. The first kappa shape index (κ1) is 52.0. The number of ether oxygens (including phenoxy) is 4. The van der Waals surface area contributed by atoms with Gasteiger partial charge in [0.15, 0.2) is 0 Å². The third kappa shape index (κ3) is 15.0. The van der Waals surface area contributed by atoms with Gasteiger partial charge in [0.25, 0.3) is 0 Å². The molecule has 8 N–H and O–H groups in total. The van der Waals surface area contributed by atoms with Gasteiger partial charge >= 0.3 is 24.2 Å². The first-order valence-electron chi connectivity index (χ1n) is 21.6. The van der Waals surface area contributed by atoms with Crippen molar-refractivity contribution in [1.82, 2.24) is 15.3 Å². The predicted octanol–water partition coefficient (Wildman–Crippen LogP) is 11.1. The minimum absolute atomic E-state index is 0.129. The zero-order chi connectivity index (χ0) is 51.6. The summed E-state index contributed by atoms with van der Waals surface area (Å²) in [4.78, 5) is 53.4. The Balaban J connectivity index is 0.000000208. The number of urea groups is 2. The number of halogens is 3. The summed E-state index contributed by atoms with van der Waals surface area (Å²) in [7, 11) is 3.19. The second-order valence-electron chi connectivity index (χ2n) is 15.0. The van der Waals surface area contributed by atoms with E-state index >= 15 is 0 Å². The van der Waals surface area contributed by atoms with Crippen LogP contribution < -0.4 is 51.3 Å². The number of nitrogens with zero attached hydrogens (tertiary/aromatic N) is 2. The zero-order valence-electron chi connectivity index (χ0n) is 38.7. The van der Waals surface area contributed by atoms with Gasteiger partial charge < -0.3 is 56.4 Å². The van der Waals surface area contributed by atoms with E-state index in [1.54, 1.807) is 87.3 Å². The number of nitrogens with one attached hydrogen (secondary N) is 5. The van der Waals surface area contributed by atoms with E-state index < -0.39 is 12.1 Å². The van der Waals surface area contributed by atoms with Crippen LogP contribution in [-0.2, 0) is 22.7 Å². The Morgan fingerprint density at radius 2 is 0.931 bits per heavy atom. The fourth-order valence-corrected chi connectivity index (χ4v) is 6.56. The normalized spacial score (nSPS) is 10.5. The SMILES string of the molecule is COc1cc2nccc(Oc3ccc(NC(=O)Nc4ccccc4)cc3)c2cc1CN.COc1cc2nccc(Oc3ccc(NC(=O)Nc4ccccc4)cc3)c2cc1CNC(C)=O.O=C(O)C(F)(F)F. The lowest BCUT2D eigenvalue weighted by Crippen LogP contribution is -2.21. The van der Waals surface area contributed by atoms with E-state index in [1.165, 1.54) is 6.92 Å². The molecule has 0 spiro atoms. The average molecular weight is 985 g/mol. The van der Waals surface area contributed by atoms with Crippen molar-refractivity contribution in [3.05, 3.63) is 169 Å². The molecule has 370 valence electrons. The summed E-state index contributed by atoms with van der Waals surface area (Å²) < 4.78 is 54.8. The Hall–Kier alpha value is -9.43. The first-order valence-corrected chi connectivity index (χ1v) is 21.6. The molecule has 0 saturated carbocycles. The summed E-state index contributed by atoms with van der Waals surface area (Å²) in [5.41, 5.74) is 11.7. The van der Waals surface area contributed by atoms with E-state index in [-0.39, 0.29) is 18.0 Å². The second kappa shape index (κ2) is 24.7. The van der Waals surface area contributed by atoms with E-state index in [1.807, 2.05) is 84.9 Å². The van der Waals surface area contributed by atoms with Crippen molar-refractivity contribution in [2.45, 2.75) is 26.2 Å². The minimum atomic E-state index is -5.08. The van der Waals surface area contributed by atoms with E-state index in [2.05, 4.69) is 36.6 Å². The van der Waals surface area contributed by atoms with Gasteiger partial charge in [-0.1, -0.05) is 36.4 Å². The van der Waals surface area contributed by atoms with Crippen LogP contribution in [0.15, 0.2) is 158 Å². The van der Waals surface area contributed by atoms with Crippen LogP contribution in [0.1, 0.15) is 18.1 Å². The topological polar surface area (TPSA) is 237 Å². The molecule has 2 aromatic heterocycles. The van der Waals surface area contributed by atoms with Crippen molar-refractivity contribution in [3.63, 3.8) is 0 Å². The highest BCUT2D eigenvalue weighted by atomic mass is 19.4. The molecule has 0 aliphatic rings. The number of rotatable bonds is 13. The van der Waals surface area contributed by atoms with Gasteiger partial charge in [0.05, 0.1) is 25.3 Å². The number of hydrogen-bond acceptors (Lipinski definition) is 11. The molecule has 0 atom stereocenters. The van der Waals surface area contributed by atoms with Gasteiger partial charge in [-0.3, -0.25) is 14.8 Å². The summed E-state index contributed by atoms with van der Waals surface area (Å²) in [5.74, 6) is 0.943. The number of carbonyl (C=O) groups is 4. The number of nitrogens with two attached hydrogens (primary N) is 1. The van der Waals surface area contributed by atoms with Crippen LogP contribution in [0, 0.1) is 0 Å². The fourth-order valence-electron chi connectivity index (χ4n) is 6.56. The molecule has 0 aliphatic carbocycles. The van der Waals surface area contributed by atoms with Crippen LogP contribution >= 0.6 is 0 Å². The van der Waals surface area contributed by atoms with Crippen LogP contribution in [0.2, 0.25) is 0 Å². The van der Waals surface area contributed by atoms with Crippen molar-refractivity contribution in [2.24, 2.45) is 5.73 Å². The molecule has 8 aromatic rings. The molecule has 0 unspecified atom stereocenters. The van der Waals surface area contributed by atoms with E-state index in [0.717, 1.165) is 33.1 Å². The number of benzene rings is 6. The molecule has 0 saturated heterocycles. The molecular formula is C52H47F3N8O9. The number of alkyl halides is 3. The summed E-state index contributed by atoms with van der Waals surface area (Å²) in [6.45, 7) is 2.14. The third-order valence-corrected chi connectivity index (χ3v) is 9.94. The molecule has 0 fully saturated rings. The molecular weight excluding hydrogens is 938 g/mol. The lowest BCUT2D eigenvalue weighted by Gasteiger charge is -2.14. The van der Waals surface area contributed by atoms with Gasteiger partial charge in [0, 0.05) is 89.2 Å². The van der Waals surface area contributed by atoms with Crippen molar-refractivity contribution in [2.75, 3.05) is 35.5 Å². The zero-order valence-corrected chi connectivity index (χ0v) is 38.7. The molecule has 0 aliphatic heterocycles. The number of carbonyl (C=O) groups excluding carboxylic acids is 3. The van der Waals surface area contributed by atoms with Crippen LogP contribution in [0.5, 0.6) is 34.5 Å². The van der Waals surface area contributed by atoms with Crippen LogP contribution in [0.3, 0.4) is 0 Å².